The summed E-state index contributed by atoms with van der Waals surface area (Å²) < 4.78 is 11.2. The molecule has 0 spiro atoms. The lowest BCUT2D eigenvalue weighted by molar-refractivity contribution is -0.116. The molecule has 6 heteroatoms. The van der Waals surface area contributed by atoms with Crippen molar-refractivity contribution in [3.63, 3.8) is 0 Å². The lowest BCUT2D eigenvalue weighted by atomic mass is 10.0. The van der Waals surface area contributed by atoms with Gasteiger partial charge in [0.2, 0.25) is 5.91 Å². The molecule has 1 amide bonds. The van der Waals surface area contributed by atoms with Gasteiger partial charge in [0.1, 0.15) is 5.75 Å². The molecule has 1 aromatic rings. The Kier molecular flexibility index (Phi) is 4.81. The van der Waals surface area contributed by atoms with Gasteiger partial charge in [0.15, 0.2) is 5.66 Å². The number of hydrogen-bond donors (Lipinski definition) is 1. The van der Waals surface area contributed by atoms with Crippen LogP contribution in [0.15, 0.2) is 28.4 Å². The molecule has 24 heavy (non-hydrogen) atoms. The molecule has 2 aliphatic heterocycles. The number of rotatable bonds is 7. The van der Waals surface area contributed by atoms with E-state index in [-0.39, 0.29) is 12.0 Å². The van der Waals surface area contributed by atoms with Crippen LogP contribution in [-0.4, -0.2) is 25.3 Å². The van der Waals surface area contributed by atoms with Crippen molar-refractivity contribution in [2.24, 2.45) is 10.2 Å². The molecule has 0 aliphatic carbocycles. The zero-order valence-electron chi connectivity index (χ0n) is 13.7. The van der Waals surface area contributed by atoms with Crippen molar-refractivity contribution >= 4 is 11.6 Å². The van der Waals surface area contributed by atoms with Gasteiger partial charge >= 0.3 is 0 Å². The highest BCUT2D eigenvalue weighted by atomic mass is 16.5. The molecule has 1 N–H and O–H groups in total. The van der Waals surface area contributed by atoms with Gasteiger partial charge in [-0.3, -0.25) is 4.79 Å². The van der Waals surface area contributed by atoms with Crippen molar-refractivity contribution in [1.82, 2.24) is 0 Å². The first kappa shape index (κ1) is 16.5. The number of nitrogens with zero attached hydrogens (tertiary/aromatic N) is 2. The Balaban J connectivity index is 1.60. The van der Waals surface area contributed by atoms with E-state index in [4.69, 9.17) is 15.9 Å². The van der Waals surface area contributed by atoms with E-state index in [2.05, 4.69) is 21.5 Å². The van der Waals surface area contributed by atoms with E-state index >= 15 is 0 Å². The minimum atomic E-state index is -0.433. The fourth-order valence-corrected chi connectivity index (χ4v) is 2.93. The van der Waals surface area contributed by atoms with Crippen molar-refractivity contribution in [2.75, 3.05) is 19.0 Å². The molecule has 3 rings (SSSR count). The maximum Gasteiger partial charge on any atom is 0.224 e. The summed E-state index contributed by atoms with van der Waals surface area (Å²) in [5.74, 6) is 3.21. The predicted octanol–water partition coefficient (Wildman–Crippen LogP) is 3.45. The number of carbonyl (C=O) groups excluding carboxylic acids is 1. The van der Waals surface area contributed by atoms with Gasteiger partial charge in [-0.1, -0.05) is 12.1 Å². The Morgan fingerprint density at radius 1 is 1.50 bits per heavy atom. The second kappa shape index (κ2) is 7.02. The van der Waals surface area contributed by atoms with Crippen molar-refractivity contribution in [1.29, 1.82) is 0 Å². The first-order chi connectivity index (χ1) is 11.7. The normalized spacial score (nSPS) is 19.8. The van der Waals surface area contributed by atoms with Crippen LogP contribution in [0.4, 0.5) is 5.69 Å². The number of nitrogens with one attached hydrogen (secondary N) is 1. The summed E-state index contributed by atoms with van der Waals surface area (Å²) in [5, 5.41) is 11.0. The van der Waals surface area contributed by atoms with Crippen LogP contribution in [0.25, 0.3) is 0 Å². The molecular formula is C18H21N3O3. The first-order valence-corrected chi connectivity index (χ1v) is 8.13. The van der Waals surface area contributed by atoms with Crippen LogP contribution in [0.3, 0.4) is 0 Å². The maximum absolute atomic E-state index is 12.3. The summed E-state index contributed by atoms with van der Waals surface area (Å²) in [6.45, 7) is 0.575. The molecule has 0 aromatic heterocycles. The molecule has 0 radical (unpaired) electrons. The minimum absolute atomic E-state index is 0.00157. The van der Waals surface area contributed by atoms with Gasteiger partial charge in [0.05, 0.1) is 18.4 Å². The smallest absolute Gasteiger partial charge is 0.224 e. The summed E-state index contributed by atoms with van der Waals surface area (Å²) in [4.78, 5) is 12.3. The summed E-state index contributed by atoms with van der Waals surface area (Å²) in [6.07, 6.45) is 8.33. The van der Waals surface area contributed by atoms with Gasteiger partial charge in [-0.2, -0.15) is 10.2 Å². The average molecular weight is 327 g/mol. The van der Waals surface area contributed by atoms with Gasteiger partial charge < -0.3 is 14.8 Å². The van der Waals surface area contributed by atoms with E-state index < -0.39 is 5.66 Å². The third-order valence-corrected chi connectivity index (χ3v) is 4.38. The molecule has 2 heterocycles. The molecular weight excluding hydrogens is 306 g/mol. The fourth-order valence-electron chi connectivity index (χ4n) is 2.93. The zero-order valence-corrected chi connectivity index (χ0v) is 13.7. The van der Waals surface area contributed by atoms with Crippen LogP contribution in [-0.2, 0) is 9.53 Å². The topological polar surface area (TPSA) is 72.3 Å². The van der Waals surface area contributed by atoms with Crippen molar-refractivity contribution in [3.8, 4) is 18.1 Å². The van der Waals surface area contributed by atoms with Gasteiger partial charge in [0.25, 0.3) is 0 Å². The Hall–Kier alpha value is -2.39. The molecule has 1 unspecified atom stereocenters. The van der Waals surface area contributed by atoms with Gasteiger partial charge in [0, 0.05) is 44.8 Å². The van der Waals surface area contributed by atoms with Crippen LogP contribution in [0, 0.1) is 12.3 Å². The molecule has 0 bridgehead atoms. The summed E-state index contributed by atoms with van der Waals surface area (Å²) in [5.41, 5.74) is 1.22. The first-order valence-electron chi connectivity index (χ1n) is 8.13. The number of para-hydroxylation sites is 1. The molecule has 0 saturated heterocycles. The van der Waals surface area contributed by atoms with Crippen LogP contribution in [0.2, 0.25) is 0 Å². The highest BCUT2D eigenvalue weighted by Gasteiger charge is 2.39. The van der Waals surface area contributed by atoms with Crippen LogP contribution in [0.5, 0.6) is 5.75 Å². The third kappa shape index (κ3) is 3.57. The van der Waals surface area contributed by atoms with E-state index in [0.29, 0.717) is 43.7 Å². The van der Waals surface area contributed by atoms with Crippen molar-refractivity contribution in [2.45, 2.75) is 43.9 Å². The van der Waals surface area contributed by atoms with E-state index in [9.17, 15) is 4.79 Å². The Bertz CT molecular complexity index is 687. The van der Waals surface area contributed by atoms with Gasteiger partial charge in [-0.05, 0) is 6.07 Å². The number of ether oxygens (including phenoxy) is 2. The number of anilines is 1. The summed E-state index contributed by atoms with van der Waals surface area (Å²) >= 11 is 0. The maximum atomic E-state index is 12.3. The Morgan fingerprint density at radius 3 is 3.04 bits per heavy atom. The molecule has 6 nitrogen and oxygen atoms in total. The molecule has 1 aromatic carbocycles. The summed E-state index contributed by atoms with van der Waals surface area (Å²) in [7, 11) is 1.68. The van der Waals surface area contributed by atoms with E-state index in [0.717, 1.165) is 12.0 Å². The highest BCUT2D eigenvalue weighted by molar-refractivity contribution is 5.92. The second-order valence-electron chi connectivity index (χ2n) is 6.02. The highest BCUT2D eigenvalue weighted by Crippen LogP contribution is 2.40. The third-order valence-electron chi connectivity index (χ3n) is 4.38. The lowest BCUT2D eigenvalue weighted by Gasteiger charge is -2.26. The van der Waals surface area contributed by atoms with Crippen LogP contribution in [0.1, 0.15) is 43.8 Å². The molecule has 126 valence electrons. The van der Waals surface area contributed by atoms with Crippen LogP contribution < -0.4 is 10.1 Å². The number of carbonyl (C=O) groups is 1. The number of terminal acetylenes is 1. The lowest BCUT2D eigenvalue weighted by Crippen LogP contribution is -2.20. The standard InChI is InChI=1S/C18H21N3O3/c1-3-4-10-18(20-21-18)11-8-16(22)19-14-7-5-6-13-15(23-2)9-12-24-17(13)14/h1,5-7,15H,4,8-12H2,2H3,(H,19,22). The second-order valence-corrected chi connectivity index (χ2v) is 6.02. The minimum Gasteiger partial charge on any atom is -0.491 e. The van der Waals surface area contributed by atoms with Gasteiger partial charge in [-0.15, -0.1) is 12.3 Å². The number of methoxy groups -OCH3 is 1. The van der Waals surface area contributed by atoms with Crippen LogP contribution >= 0.6 is 0 Å². The number of amides is 1. The zero-order chi connectivity index (χ0) is 17.0. The predicted molar refractivity (Wildman–Crippen MR) is 89.8 cm³/mol. The van der Waals surface area contributed by atoms with Gasteiger partial charge in [-0.25, -0.2) is 0 Å². The van der Waals surface area contributed by atoms with E-state index in [1.807, 2.05) is 18.2 Å². The Labute approximate surface area is 141 Å². The summed E-state index contributed by atoms with van der Waals surface area (Å²) in [6, 6.07) is 5.71. The molecule has 0 saturated carbocycles. The Morgan fingerprint density at radius 2 is 2.33 bits per heavy atom. The largest absolute Gasteiger partial charge is 0.491 e. The quantitative estimate of drug-likeness (QED) is 0.780. The monoisotopic (exact) mass is 327 g/mol. The number of benzene rings is 1. The number of fused-ring (bicyclic) bond motifs is 1. The average Bonchev–Trinajstić information content (AvgIpc) is 3.38. The molecule has 1 atom stereocenters. The fraction of sp³-hybridized carbons (Fsp3) is 0.500. The van der Waals surface area contributed by atoms with E-state index in [1.54, 1.807) is 7.11 Å². The molecule has 2 aliphatic rings. The van der Waals surface area contributed by atoms with E-state index in [1.165, 1.54) is 0 Å². The van der Waals surface area contributed by atoms with Crippen molar-refractivity contribution < 1.29 is 14.3 Å². The van der Waals surface area contributed by atoms with Crippen molar-refractivity contribution in [3.05, 3.63) is 23.8 Å². The molecule has 0 fully saturated rings. The number of hydrogen-bond acceptors (Lipinski definition) is 5. The SMILES string of the molecule is C#CCCC1(CCC(=O)Nc2cccc3c2OCCC3OC)N=N1.